The van der Waals surface area contributed by atoms with Crippen molar-refractivity contribution in [3.63, 3.8) is 0 Å². The molecule has 0 aliphatic carbocycles. The van der Waals surface area contributed by atoms with Crippen LogP contribution in [0.2, 0.25) is 0 Å². The molecule has 1 saturated heterocycles. The molecule has 0 spiro atoms. The highest BCUT2D eigenvalue weighted by atomic mass is 16.6. The molecule has 1 rings (SSSR count). The molecule has 0 aromatic carbocycles. The maximum absolute atomic E-state index is 11.4. The Kier molecular flexibility index (Phi) is 3.68. The Hall–Kier alpha value is -1.32. The van der Waals surface area contributed by atoms with Crippen molar-refractivity contribution in [2.45, 2.75) is 32.9 Å². The third kappa shape index (κ3) is 2.58. The summed E-state index contributed by atoms with van der Waals surface area (Å²) in [5.74, 6) is -0.287. The van der Waals surface area contributed by atoms with Gasteiger partial charge in [0.25, 0.3) is 0 Å². The van der Waals surface area contributed by atoms with Crippen LogP contribution in [-0.4, -0.2) is 29.5 Å². The van der Waals surface area contributed by atoms with Crippen molar-refractivity contribution in [3.8, 4) is 0 Å². The van der Waals surface area contributed by atoms with Crippen LogP contribution in [0.15, 0.2) is 12.2 Å². The van der Waals surface area contributed by atoms with Crippen molar-refractivity contribution in [2.24, 2.45) is 0 Å². The molecule has 0 aromatic rings. The molecule has 0 saturated carbocycles. The lowest BCUT2D eigenvalue weighted by molar-refractivity contribution is -0.156. The van der Waals surface area contributed by atoms with Gasteiger partial charge in [0.15, 0.2) is 6.23 Å². The van der Waals surface area contributed by atoms with E-state index < -0.39 is 0 Å². The highest BCUT2D eigenvalue weighted by molar-refractivity contribution is 5.79. The number of hydrogen-bond acceptors (Lipinski definition) is 3. The fourth-order valence-electron chi connectivity index (χ4n) is 1.46. The van der Waals surface area contributed by atoms with Gasteiger partial charge in [-0.05, 0) is 6.92 Å². The van der Waals surface area contributed by atoms with E-state index in [1.165, 1.54) is 6.92 Å². The molecule has 0 N–H and O–H groups in total. The molecule has 1 amide bonds. The van der Waals surface area contributed by atoms with E-state index in [1.54, 1.807) is 4.90 Å². The van der Waals surface area contributed by atoms with Crippen molar-refractivity contribution >= 4 is 11.9 Å². The normalized spacial score (nSPS) is 22.0. The van der Waals surface area contributed by atoms with E-state index in [9.17, 15) is 9.59 Å². The van der Waals surface area contributed by atoms with Crippen LogP contribution in [0.1, 0.15) is 26.7 Å². The molecule has 14 heavy (non-hydrogen) atoms. The SMILES string of the molecule is C/C=C/CN1C(=O)CCC1OC(C)=O. The molecule has 4 heteroatoms. The summed E-state index contributed by atoms with van der Waals surface area (Å²) < 4.78 is 5.02. The van der Waals surface area contributed by atoms with Crippen LogP contribution < -0.4 is 0 Å². The maximum atomic E-state index is 11.4. The highest BCUT2D eigenvalue weighted by Gasteiger charge is 2.31. The lowest BCUT2D eigenvalue weighted by Gasteiger charge is -2.22. The molecule has 1 heterocycles. The summed E-state index contributed by atoms with van der Waals surface area (Å²) in [4.78, 5) is 23.7. The van der Waals surface area contributed by atoms with E-state index in [2.05, 4.69) is 0 Å². The first-order valence-corrected chi connectivity index (χ1v) is 4.73. The van der Waals surface area contributed by atoms with Crippen LogP contribution in [0.5, 0.6) is 0 Å². The molecule has 4 nitrogen and oxygen atoms in total. The quantitative estimate of drug-likeness (QED) is 0.502. The average molecular weight is 197 g/mol. The Morgan fingerprint density at radius 1 is 1.71 bits per heavy atom. The fourth-order valence-corrected chi connectivity index (χ4v) is 1.46. The van der Waals surface area contributed by atoms with Crippen molar-refractivity contribution in [1.29, 1.82) is 0 Å². The summed E-state index contributed by atoms with van der Waals surface area (Å²) >= 11 is 0. The smallest absolute Gasteiger partial charge is 0.304 e. The summed E-state index contributed by atoms with van der Waals surface area (Å²) in [5.41, 5.74) is 0. The molecule has 0 bridgehead atoms. The Morgan fingerprint density at radius 2 is 2.43 bits per heavy atom. The number of nitrogens with zero attached hydrogens (tertiary/aromatic N) is 1. The molecule has 78 valence electrons. The van der Waals surface area contributed by atoms with E-state index in [0.717, 1.165) is 0 Å². The molecule has 1 aliphatic rings. The standard InChI is InChI=1S/C10H15NO3/c1-3-4-7-11-9(13)5-6-10(11)14-8(2)12/h3-4,10H,5-7H2,1-2H3/b4-3+. The molecule has 1 aliphatic heterocycles. The molecular weight excluding hydrogens is 182 g/mol. The number of carbonyl (C=O) groups is 2. The summed E-state index contributed by atoms with van der Waals surface area (Å²) in [5, 5.41) is 0. The van der Waals surface area contributed by atoms with Crippen LogP contribution in [0.3, 0.4) is 0 Å². The monoisotopic (exact) mass is 197 g/mol. The number of carbonyl (C=O) groups excluding carboxylic acids is 2. The number of ether oxygens (including phenoxy) is 1. The largest absolute Gasteiger partial charge is 0.442 e. The van der Waals surface area contributed by atoms with Gasteiger partial charge in [-0.15, -0.1) is 0 Å². The van der Waals surface area contributed by atoms with Crippen LogP contribution in [0.4, 0.5) is 0 Å². The molecule has 1 atom stereocenters. The van der Waals surface area contributed by atoms with Gasteiger partial charge in [-0.3, -0.25) is 9.59 Å². The van der Waals surface area contributed by atoms with Gasteiger partial charge in [-0.25, -0.2) is 0 Å². The second kappa shape index (κ2) is 4.79. The summed E-state index contributed by atoms with van der Waals surface area (Å²) in [7, 11) is 0. The average Bonchev–Trinajstić information content (AvgIpc) is 2.44. The molecular formula is C10H15NO3. The topological polar surface area (TPSA) is 46.6 Å². The summed E-state index contributed by atoms with van der Waals surface area (Å²) in [6.45, 7) is 3.77. The zero-order chi connectivity index (χ0) is 10.6. The molecule has 1 fully saturated rings. The zero-order valence-corrected chi connectivity index (χ0v) is 8.53. The first-order valence-electron chi connectivity index (χ1n) is 4.73. The van der Waals surface area contributed by atoms with Gasteiger partial charge in [0.1, 0.15) is 0 Å². The van der Waals surface area contributed by atoms with Gasteiger partial charge in [0.2, 0.25) is 5.91 Å². The minimum absolute atomic E-state index is 0.0503. The van der Waals surface area contributed by atoms with Gasteiger partial charge in [-0.1, -0.05) is 12.2 Å². The molecule has 0 radical (unpaired) electrons. The fraction of sp³-hybridized carbons (Fsp3) is 0.600. The van der Waals surface area contributed by atoms with Crippen LogP contribution in [-0.2, 0) is 14.3 Å². The van der Waals surface area contributed by atoms with Crippen molar-refractivity contribution in [2.75, 3.05) is 6.54 Å². The lowest BCUT2D eigenvalue weighted by atomic mass is 10.3. The third-order valence-electron chi connectivity index (χ3n) is 2.11. The van der Waals surface area contributed by atoms with E-state index in [4.69, 9.17) is 4.74 Å². The Bertz CT molecular complexity index is 260. The number of hydrogen-bond donors (Lipinski definition) is 0. The third-order valence-corrected chi connectivity index (χ3v) is 2.11. The molecule has 1 unspecified atom stereocenters. The lowest BCUT2D eigenvalue weighted by Crippen LogP contribution is -2.35. The van der Waals surface area contributed by atoms with Crippen molar-refractivity contribution < 1.29 is 14.3 Å². The first-order chi connectivity index (χ1) is 6.65. The number of esters is 1. The number of allylic oxidation sites excluding steroid dienone is 1. The van der Waals surface area contributed by atoms with Crippen LogP contribution in [0, 0.1) is 0 Å². The van der Waals surface area contributed by atoms with Gasteiger partial charge in [0, 0.05) is 26.3 Å². The maximum Gasteiger partial charge on any atom is 0.304 e. The Morgan fingerprint density at radius 3 is 3.00 bits per heavy atom. The molecule has 0 aromatic heterocycles. The Labute approximate surface area is 83.5 Å². The Balaban J connectivity index is 2.56. The van der Waals surface area contributed by atoms with Crippen molar-refractivity contribution in [1.82, 2.24) is 4.90 Å². The van der Waals surface area contributed by atoms with Gasteiger partial charge in [-0.2, -0.15) is 0 Å². The highest BCUT2D eigenvalue weighted by Crippen LogP contribution is 2.19. The zero-order valence-electron chi connectivity index (χ0n) is 8.53. The van der Waals surface area contributed by atoms with Gasteiger partial charge < -0.3 is 9.64 Å². The van der Waals surface area contributed by atoms with Crippen LogP contribution >= 0.6 is 0 Å². The van der Waals surface area contributed by atoms with E-state index in [-0.39, 0.29) is 18.1 Å². The first kappa shape index (κ1) is 10.8. The summed E-state index contributed by atoms with van der Waals surface area (Å²) in [6.07, 6.45) is 4.46. The van der Waals surface area contributed by atoms with Gasteiger partial charge >= 0.3 is 5.97 Å². The van der Waals surface area contributed by atoms with Gasteiger partial charge in [0.05, 0.1) is 0 Å². The van der Waals surface area contributed by atoms with Crippen LogP contribution in [0.25, 0.3) is 0 Å². The van der Waals surface area contributed by atoms with Crippen molar-refractivity contribution in [3.05, 3.63) is 12.2 Å². The number of amides is 1. The minimum Gasteiger partial charge on any atom is -0.442 e. The van der Waals surface area contributed by atoms with E-state index in [1.807, 2.05) is 19.1 Å². The predicted octanol–water partition coefficient (Wildman–Crippen LogP) is 1.07. The number of rotatable bonds is 3. The second-order valence-corrected chi connectivity index (χ2v) is 3.22. The van der Waals surface area contributed by atoms with E-state index in [0.29, 0.717) is 19.4 Å². The minimum atomic E-state index is -0.365. The number of likely N-dealkylation sites (tertiary alicyclic amines) is 1. The summed E-state index contributed by atoms with van der Waals surface area (Å²) in [6, 6.07) is 0. The predicted molar refractivity (Wildman–Crippen MR) is 51.3 cm³/mol. The second-order valence-electron chi connectivity index (χ2n) is 3.22. The van der Waals surface area contributed by atoms with E-state index >= 15 is 0 Å².